The second-order valence-corrected chi connectivity index (χ2v) is 7.50. The van der Waals surface area contributed by atoms with E-state index in [4.69, 9.17) is 5.73 Å². The van der Waals surface area contributed by atoms with Crippen LogP contribution in [0, 0.1) is 28.6 Å². The number of aromatic nitrogens is 3. The van der Waals surface area contributed by atoms with E-state index in [1.807, 2.05) is 42.5 Å². The van der Waals surface area contributed by atoms with Crippen LogP contribution in [0.5, 0.6) is 0 Å². The lowest BCUT2D eigenvalue weighted by molar-refractivity contribution is -0.118. The number of carbonyl (C=O) groups is 1. The molecule has 1 amide bonds. The molecule has 1 aromatic carbocycles. The van der Waals surface area contributed by atoms with E-state index in [-0.39, 0.29) is 34.5 Å². The molecule has 1 aliphatic carbocycles. The van der Waals surface area contributed by atoms with E-state index < -0.39 is 5.92 Å². The predicted octanol–water partition coefficient (Wildman–Crippen LogP) is 2.47. The monoisotopic (exact) mass is 432 g/mol. The van der Waals surface area contributed by atoms with Crippen molar-refractivity contribution in [2.24, 2.45) is 15.9 Å². The van der Waals surface area contributed by atoms with Gasteiger partial charge in [-0.1, -0.05) is 48.6 Å². The van der Waals surface area contributed by atoms with E-state index in [1.54, 1.807) is 28.9 Å². The van der Waals surface area contributed by atoms with Gasteiger partial charge in [0.1, 0.15) is 29.4 Å². The lowest BCUT2D eigenvalue weighted by Crippen LogP contribution is -2.27. The fourth-order valence-corrected chi connectivity index (χ4v) is 3.92. The van der Waals surface area contributed by atoms with Crippen molar-refractivity contribution >= 4 is 34.4 Å². The molecule has 0 spiro atoms. The summed E-state index contributed by atoms with van der Waals surface area (Å²) in [5.41, 5.74) is 8.90. The van der Waals surface area contributed by atoms with E-state index in [2.05, 4.69) is 20.0 Å². The number of nitrogens with two attached hydrogens (primary N) is 1. The molecule has 9 nitrogen and oxygen atoms in total. The number of amidine groups is 1. The van der Waals surface area contributed by atoms with Gasteiger partial charge in [0, 0.05) is 6.54 Å². The number of carbonyl (C=O) groups excluding carboxylic acids is 1. The van der Waals surface area contributed by atoms with Crippen molar-refractivity contribution < 1.29 is 4.79 Å². The van der Waals surface area contributed by atoms with Crippen LogP contribution in [0.15, 0.2) is 64.6 Å². The third-order valence-corrected chi connectivity index (χ3v) is 5.54. The Morgan fingerprint density at radius 3 is 2.55 bits per heavy atom. The maximum Gasteiger partial charge on any atom is 0.260 e. The molecule has 158 valence electrons. The minimum atomic E-state index is -0.530. The summed E-state index contributed by atoms with van der Waals surface area (Å²) in [6.07, 6.45) is 7.71. The smallest absolute Gasteiger partial charge is 0.260 e. The summed E-state index contributed by atoms with van der Waals surface area (Å²) in [6.45, 7) is 0.445. The first-order valence-electron chi connectivity index (χ1n) is 10.2. The predicted molar refractivity (Wildman–Crippen MR) is 122 cm³/mol. The Morgan fingerprint density at radius 2 is 1.79 bits per heavy atom. The normalized spacial score (nSPS) is 16.7. The molecule has 5 rings (SSSR count). The molecule has 33 heavy (non-hydrogen) atoms. The van der Waals surface area contributed by atoms with Crippen molar-refractivity contribution in [3.05, 3.63) is 77.2 Å². The third-order valence-electron chi connectivity index (χ3n) is 5.54. The molecule has 1 unspecified atom stereocenters. The van der Waals surface area contributed by atoms with Gasteiger partial charge >= 0.3 is 0 Å². The molecule has 0 saturated heterocycles. The number of aliphatic imine (C=N–C) groups is 2. The van der Waals surface area contributed by atoms with Gasteiger partial charge in [-0.2, -0.15) is 15.5 Å². The van der Waals surface area contributed by atoms with Crippen LogP contribution in [0.2, 0.25) is 0 Å². The molecule has 3 aromatic rings. The molecule has 0 saturated carbocycles. The van der Waals surface area contributed by atoms with E-state index in [0.717, 1.165) is 5.56 Å². The van der Waals surface area contributed by atoms with Gasteiger partial charge in [0.15, 0.2) is 22.9 Å². The molecular formula is C24H16N8O. The number of amides is 1. The number of rotatable bonds is 4. The fourth-order valence-electron chi connectivity index (χ4n) is 3.92. The quantitative estimate of drug-likeness (QED) is 0.670. The minimum Gasteiger partial charge on any atom is -0.384 e. The van der Waals surface area contributed by atoms with Crippen molar-refractivity contribution in [3.8, 4) is 12.1 Å². The number of nitrogens with zero attached hydrogens (tertiary/aromatic N) is 7. The van der Waals surface area contributed by atoms with E-state index in [1.165, 1.54) is 0 Å². The third kappa shape index (κ3) is 3.38. The zero-order valence-corrected chi connectivity index (χ0v) is 17.3. The Hall–Kier alpha value is -4.89. The number of benzene rings is 1. The summed E-state index contributed by atoms with van der Waals surface area (Å²) >= 11 is 0. The number of fused-ring (bicyclic) bond motifs is 2. The van der Waals surface area contributed by atoms with Crippen LogP contribution in [0.25, 0.3) is 11.2 Å². The van der Waals surface area contributed by atoms with Gasteiger partial charge in [0.2, 0.25) is 0 Å². The molecule has 2 aliphatic rings. The zero-order chi connectivity index (χ0) is 22.9. The topological polar surface area (TPSA) is 146 Å². The molecule has 2 aromatic heterocycles. The van der Waals surface area contributed by atoms with Crippen LogP contribution in [-0.4, -0.2) is 32.0 Å². The molecule has 1 aliphatic heterocycles. The highest BCUT2D eigenvalue weighted by Crippen LogP contribution is 2.30. The number of aryl methyl sites for hydroxylation is 2. The highest BCUT2D eigenvalue weighted by atomic mass is 16.1. The number of allylic oxidation sites excluding steroid dienone is 3. The molecule has 0 bridgehead atoms. The van der Waals surface area contributed by atoms with Gasteiger partial charge in [0.25, 0.3) is 5.91 Å². The number of hydrogen-bond donors (Lipinski definition) is 1. The van der Waals surface area contributed by atoms with Crippen LogP contribution in [0.3, 0.4) is 0 Å². The highest BCUT2D eigenvalue weighted by molar-refractivity contribution is 6.27. The van der Waals surface area contributed by atoms with Crippen LogP contribution in [0.1, 0.15) is 22.5 Å². The largest absolute Gasteiger partial charge is 0.384 e. The maximum atomic E-state index is 12.7. The second kappa shape index (κ2) is 7.98. The SMILES string of the molecule is N#Cc1nc2c(C3=NC(=O)C4C=CC=CC4=N3)c(N)n(CCc3ccccc3)c2nc1C#N. The molecule has 3 heterocycles. The fraction of sp³-hybridized carbons (Fsp3) is 0.125. The average molecular weight is 432 g/mol. The van der Waals surface area contributed by atoms with Gasteiger partial charge < -0.3 is 10.3 Å². The summed E-state index contributed by atoms with van der Waals surface area (Å²) in [5.74, 6) is -0.501. The molecule has 9 heteroatoms. The summed E-state index contributed by atoms with van der Waals surface area (Å²) in [7, 11) is 0. The van der Waals surface area contributed by atoms with E-state index in [0.29, 0.717) is 29.9 Å². The zero-order valence-electron chi connectivity index (χ0n) is 17.3. The summed E-state index contributed by atoms with van der Waals surface area (Å²) < 4.78 is 1.72. The first-order valence-corrected chi connectivity index (χ1v) is 10.2. The second-order valence-electron chi connectivity index (χ2n) is 7.50. The Balaban J connectivity index is 1.69. The first kappa shape index (κ1) is 20.0. The lowest BCUT2D eigenvalue weighted by Gasteiger charge is -2.17. The van der Waals surface area contributed by atoms with Gasteiger partial charge in [-0.15, -0.1) is 0 Å². The van der Waals surface area contributed by atoms with Crippen molar-refractivity contribution in [1.82, 2.24) is 14.5 Å². The molecule has 0 radical (unpaired) electrons. The average Bonchev–Trinajstić information content (AvgIpc) is 3.12. The Kier molecular flexibility index (Phi) is 4.85. The maximum absolute atomic E-state index is 12.7. The number of nitriles is 2. The Bertz CT molecular complexity index is 1510. The minimum absolute atomic E-state index is 0.0941. The van der Waals surface area contributed by atoms with Crippen molar-refractivity contribution in [2.75, 3.05) is 5.73 Å². The van der Waals surface area contributed by atoms with Gasteiger partial charge in [-0.05, 0) is 18.1 Å². The number of nitrogen functional groups attached to an aromatic ring is 1. The molecule has 0 fully saturated rings. The summed E-state index contributed by atoms with van der Waals surface area (Å²) in [5, 5.41) is 18.9. The van der Waals surface area contributed by atoms with Crippen LogP contribution in [-0.2, 0) is 17.8 Å². The number of hydrogen-bond acceptors (Lipinski definition) is 7. The standard InChI is InChI=1S/C24H16N8O/c25-12-17-18(13-26)30-23-20(28-17)19(21(27)32(23)11-10-14-6-2-1-3-7-14)22-29-16-9-5-4-8-15(16)24(33)31-22/h1-9,15H,10-11,27H2. The van der Waals surface area contributed by atoms with Gasteiger partial charge in [-0.3, -0.25) is 4.79 Å². The Morgan fingerprint density at radius 1 is 1.03 bits per heavy atom. The van der Waals surface area contributed by atoms with Crippen molar-refractivity contribution in [3.63, 3.8) is 0 Å². The molecular weight excluding hydrogens is 416 g/mol. The van der Waals surface area contributed by atoms with E-state index >= 15 is 0 Å². The van der Waals surface area contributed by atoms with Crippen LogP contribution >= 0.6 is 0 Å². The van der Waals surface area contributed by atoms with Crippen molar-refractivity contribution in [1.29, 1.82) is 10.5 Å². The first-order chi connectivity index (χ1) is 16.1. The van der Waals surface area contributed by atoms with Crippen LogP contribution < -0.4 is 5.73 Å². The molecule has 2 N–H and O–H groups in total. The highest BCUT2D eigenvalue weighted by Gasteiger charge is 2.31. The Labute approximate surface area is 188 Å². The lowest BCUT2D eigenvalue weighted by atomic mass is 9.96. The summed E-state index contributed by atoms with van der Waals surface area (Å²) in [4.78, 5) is 30.1. The van der Waals surface area contributed by atoms with Gasteiger partial charge in [-0.25, -0.2) is 15.0 Å². The van der Waals surface area contributed by atoms with Crippen LogP contribution in [0.4, 0.5) is 5.82 Å². The van der Waals surface area contributed by atoms with Gasteiger partial charge in [0.05, 0.1) is 11.3 Å². The summed E-state index contributed by atoms with van der Waals surface area (Å²) in [6, 6.07) is 13.7. The molecule has 1 atom stereocenters. The van der Waals surface area contributed by atoms with Crippen molar-refractivity contribution in [2.45, 2.75) is 13.0 Å². The number of anilines is 1. The van der Waals surface area contributed by atoms with E-state index in [9.17, 15) is 15.3 Å².